The van der Waals surface area contributed by atoms with Crippen molar-refractivity contribution in [1.82, 2.24) is 10.0 Å². The number of hydrogen-bond acceptors (Lipinski definition) is 6. The summed E-state index contributed by atoms with van der Waals surface area (Å²) in [5.41, 5.74) is -0.565. The molecule has 0 radical (unpaired) electrons. The van der Waals surface area contributed by atoms with Gasteiger partial charge in [-0.2, -0.15) is 0 Å². The monoisotopic (exact) mass is 377 g/mol. The van der Waals surface area contributed by atoms with Crippen LogP contribution in [-0.4, -0.2) is 45.7 Å². The van der Waals surface area contributed by atoms with Gasteiger partial charge in [-0.25, -0.2) is 13.1 Å². The summed E-state index contributed by atoms with van der Waals surface area (Å²) in [6.45, 7) is 2.75. The smallest absolute Gasteiger partial charge is 0.275 e. The van der Waals surface area contributed by atoms with E-state index in [-0.39, 0.29) is 27.7 Å². The molecule has 0 spiro atoms. The Morgan fingerprint density at radius 3 is 2.75 bits per heavy atom. The molecule has 0 aliphatic carbocycles. The van der Waals surface area contributed by atoms with Gasteiger partial charge in [-0.05, 0) is 32.4 Å². The zero-order valence-electron chi connectivity index (χ0n) is 13.5. The summed E-state index contributed by atoms with van der Waals surface area (Å²) in [6.07, 6.45) is 1.70. The van der Waals surface area contributed by atoms with Crippen LogP contribution in [0, 0.1) is 17.0 Å². The van der Waals surface area contributed by atoms with Gasteiger partial charge in [0.2, 0.25) is 10.0 Å². The van der Waals surface area contributed by atoms with Crippen molar-refractivity contribution in [1.29, 1.82) is 0 Å². The first-order valence-electron chi connectivity index (χ1n) is 7.39. The molecule has 1 aromatic carbocycles. The van der Waals surface area contributed by atoms with Crippen molar-refractivity contribution in [2.24, 2.45) is 0 Å². The number of ether oxygens (including phenoxy) is 1. The predicted octanol–water partition coefficient (Wildman–Crippen LogP) is 1.60. The first-order valence-corrected chi connectivity index (χ1v) is 9.25. The standard InChI is InChI=1S/C14H20ClN3O5S/c1-10-12(15)6-11(7-13(10)18(19)20)24(21,22)17-8-14(9-23-2)4-3-5-16-14/h6-7,16-17H,3-5,8-9H2,1-2H3. The van der Waals surface area contributed by atoms with Crippen molar-refractivity contribution in [2.45, 2.75) is 30.2 Å². The van der Waals surface area contributed by atoms with E-state index >= 15 is 0 Å². The van der Waals surface area contributed by atoms with Gasteiger partial charge in [0.05, 0.1) is 27.0 Å². The highest BCUT2D eigenvalue weighted by molar-refractivity contribution is 7.89. The molecule has 1 aromatic rings. The van der Waals surface area contributed by atoms with Gasteiger partial charge in [0, 0.05) is 25.3 Å². The summed E-state index contributed by atoms with van der Waals surface area (Å²) in [4.78, 5) is 10.2. The molecule has 0 aromatic heterocycles. The minimum atomic E-state index is -3.93. The maximum absolute atomic E-state index is 12.5. The third-order valence-electron chi connectivity index (χ3n) is 4.15. The number of hydrogen-bond donors (Lipinski definition) is 2. The van der Waals surface area contributed by atoms with Gasteiger partial charge in [0.1, 0.15) is 0 Å². The SMILES string of the molecule is COCC1(CNS(=O)(=O)c2cc(Cl)c(C)c([N+](=O)[O-])c2)CCCN1. The second-order valence-corrected chi connectivity index (χ2v) is 8.05. The Labute approximate surface area is 145 Å². The van der Waals surface area contributed by atoms with Crippen LogP contribution in [0.4, 0.5) is 5.69 Å². The van der Waals surface area contributed by atoms with Gasteiger partial charge in [-0.15, -0.1) is 0 Å². The van der Waals surface area contributed by atoms with E-state index < -0.39 is 20.5 Å². The minimum absolute atomic E-state index is 0.0372. The van der Waals surface area contributed by atoms with Gasteiger partial charge >= 0.3 is 0 Å². The van der Waals surface area contributed by atoms with Crippen molar-refractivity contribution in [3.8, 4) is 0 Å². The molecule has 1 aliphatic heterocycles. The lowest BCUT2D eigenvalue weighted by molar-refractivity contribution is -0.385. The van der Waals surface area contributed by atoms with Crippen molar-refractivity contribution in [2.75, 3.05) is 26.8 Å². The van der Waals surface area contributed by atoms with Gasteiger partial charge in [0.15, 0.2) is 0 Å². The number of sulfonamides is 1. The molecular formula is C14H20ClN3O5S. The van der Waals surface area contributed by atoms with E-state index in [1.54, 1.807) is 7.11 Å². The first kappa shape index (κ1) is 19.1. The third-order valence-corrected chi connectivity index (χ3v) is 5.92. The Morgan fingerprint density at radius 1 is 1.50 bits per heavy atom. The van der Waals surface area contributed by atoms with Crippen molar-refractivity contribution in [3.63, 3.8) is 0 Å². The molecule has 2 rings (SSSR count). The minimum Gasteiger partial charge on any atom is -0.383 e. The van der Waals surface area contributed by atoms with Crippen molar-refractivity contribution < 1.29 is 18.1 Å². The topological polar surface area (TPSA) is 111 Å². The zero-order valence-corrected chi connectivity index (χ0v) is 15.0. The average Bonchev–Trinajstić information content (AvgIpc) is 2.97. The lowest BCUT2D eigenvalue weighted by Gasteiger charge is -2.28. The molecule has 1 fully saturated rings. The normalized spacial score (nSPS) is 21.1. The number of halogens is 1. The average molecular weight is 378 g/mol. The fraction of sp³-hybridized carbons (Fsp3) is 0.571. The molecule has 1 unspecified atom stereocenters. The molecule has 0 saturated carbocycles. The molecule has 1 heterocycles. The number of rotatable bonds is 7. The lowest BCUT2D eigenvalue weighted by atomic mass is 9.99. The maximum Gasteiger partial charge on any atom is 0.275 e. The van der Waals surface area contributed by atoms with E-state index in [4.69, 9.17) is 16.3 Å². The molecule has 24 heavy (non-hydrogen) atoms. The number of nitro benzene ring substituents is 1. The third kappa shape index (κ3) is 4.04. The number of benzene rings is 1. The van der Waals surface area contributed by atoms with E-state index in [1.165, 1.54) is 13.0 Å². The molecule has 0 amide bonds. The Kier molecular flexibility index (Phi) is 5.82. The quantitative estimate of drug-likeness (QED) is 0.551. The highest BCUT2D eigenvalue weighted by Crippen LogP contribution is 2.29. The molecule has 0 bridgehead atoms. The van der Waals surface area contributed by atoms with Crippen LogP contribution < -0.4 is 10.0 Å². The summed E-state index contributed by atoms with van der Waals surface area (Å²) in [7, 11) is -2.38. The second-order valence-electron chi connectivity index (χ2n) is 5.87. The van der Waals surface area contributed by atoms with Gasteiger partial charge in [-0.1, -0.05) is 11.6 Å². The molecule has 8 nitrogen and oxygen atoms in total. The Balaban J connectivity index is 2.26. The van der Waals surface area contributed by atoms with Crippen LogP contribution in [0.3, 0.4) is 0 Å². The highest BCUT2D eigenvalue weighted by atomic mass is 35.5. The molecule has 134 valence electrons. The number of nitro groups is 1. The van der Waals surface area contributed by atoms with E-state index in [9.17, 15) is 18.5 Å². The fourth-order valence-electron chi connectivity index (χ4n) is 2.77. The lowest BCUT2D eigenvalue weighted by Crippen LogP contribution is -2.52. The largest absolute Gasteiger partial charge is 0.383 e. The van der Waals surface area contributed by atoms with E-state index in [1.807, 2.05) is 0 Å². The first-order chi connectivity index (χ1) is 11.2. The number of methoxy groups -OCH3 is 1. The van der Waals surface area contributed by atoms with Gasteiger partial charge < -0.3 is 10.1 Å². The summed E-state index contributed by atoms with van der Waals surface area (Å²) < 4.78 is 32.7. The van der Waals surface area contributed by atoms with Crippen LogP contribution in [-0.2, 0) is 14.8 Å². The molecular weight excluding hydrogens is 358 g/mol. The van der Waals surface area contributed by atoms with Gasteiger partial charge in [-0.3, -0.25) is 10.1 Å². The van der Waals surface area contributed by atoms with Gasteiger partial charge in [0.25, 0.3) is 5.69 Å². The van der Waals surface area contributed by atoms with Crippen molar-refractivity contribution >= 4 is 27.3 Å². The second kappa shape index (κ2) is 7.32. The zero-order chi connectivity index (χ0) is 18.0. The molecule has 2 N–H and O–H groups in total. The summed E-state index contributed by atoms with van der Waals surface area (Å²) in [5, 5.41) is 14.4. The van der Waals surface area contributed by atoms with E-state index in [2.05, 4.69) is 10.0 Å². The molecule has 1 atom stereocenters. The van der Waals surface area contributed by atoms with E-state index in [0.29, 0.717) is 6.61 Å². The highest BCUT2D eigenvalue weighted by Gasteiger charge is 2.35. The Bertz CT molecular complexity index is 732. The Morgan fingerprint density at radius 2 is 2.21 bits per heavy atom. The maximum atomic E-state index is 12.5. The fourth-order valence-corrected chi connectivity index (χ4v) is 4.22. The number of nitrogens with one attached hydrogen (secondary N) is 2. The molecule has 10 heteroatoms. The van der Waals surface area contributed by atoms with E-state index in [0.717, 1.165) is 25.5 Å². The van der Waals surface area contributed by atoms with Crippen LogP contribution in [0.2, 0.25) is 5.02 Å². The van der Waals surface area contributed by atoms with Crippen LogP contribution in [0.5, 0.6) is 0 Å². The predicted molar refractivity (Wildman–Crippen MR) is 89.9 cm³/mol. The van der Waals surface area contributed by atoms with Crippen molar-refractivity contribution in [3.05, 3.63) is 32.8 Å². The molecule has 1 aliphatic rings. The number of nitrogens with zero attached hydrogens (tertiary/aromatic N) is 1. The Hall–Kier alpha value is -1.26. The van der Waals surface area contributed by atoms with Crippen LogP contribution in [0.1, 0.15) is 18.4 Å². The van der Waals surface area contributed by atoms with Crippen LogP contribution >= 0.6 is 11.6 Å². The summed E-state index contributed by atoms with van der Waals surface area (Å²) in [6, 6.07) is 2.24. The summed E-state index contributed by atoms with van der Waals surface area (Å²) >= 11 is 5.94. The summed E-state index contributed by atoms with van der Waals surface area (Å²) in [5.74, 6) is 0. The van der Waals surface area contributed by atoms with Crippen LogP contribution in [0.15, 0.2) is 17.0 Å². The molecule has 1 saturated heterocycles. The van der Waals surface area contributed by atoms with Crippen LogP contribution in [0.25, 0.3) is 0 Å².